The van der Waals surface area contributed by atoms with Crippen molar-refractivity contribution in [3.8, 4) is 11.5 Å². The maximum atomic E-state index is 14.2. The number of carbonyl (C=O) groups is 2. The summed E-state index contributed by atoms with van der Waals surface area (Å²) in [5.74, 6) is -1.69. The van der Waals surface area contributed by atoms with Crippen molar-refractivity contribution in [2.24, 2.45) is 0 Å². The molecule has 11 heteroatoms. The second kappa shape index (κ2) is 11.6. The zero-order valence-corrected chi connectivity index (χ0v) is 19.7. The summed E-state index contributed by atoms with van der Waals surface area (Å²) in [6, 6.07) is 7.96. The Morgan fingerprint density at radius 2 is 1.67 bits per heavy atom. The normalized spacial score (nSPS) is 11.2. The molecule has 0 spiro atoms. The van der Waals surface area contributed by atoms with Crippen molar-refractivity contribution in [2.45, 2.75) is 25.3 Å². The molecule has 2 aromatic carbocycles. The molecular weight excluding hydrogens is 455 g/mol. The van der Waals surface area contributed by atoms with Gasteiger partial charge in [0.2, 0.25) is 10.0 Å². The average molecular weight is 483 g/mol. The van der Waals surface area contributed by atoms with Crippen molar-refractivity contribution >= 4 is 21.9 Å². The number of benzene rings is 2. The first-order chi connectivity index (χ1) is 15.7. The Bertz CT molecular complexity index is 1100. The van der Waals surface area contributed by atoms with Crippen LogP contribution in [-0.2, 0) is 26.1 Å². The minimum Gasteiger partial charge on any atom is -0.493 e. The fourth-order valence-electron chi connectivity index (χ4n) is 2.98. The fourth-order valence-corrected chi connectivity index (χ4v) is 4.47. The van der Waals surface area contributed by atoms with Crippen LogP contribution in [0.3, 0.4) is 0 Å². The fraction of sp³-hybridized carbons (Fsp3) is 0.364. The molecule has 0 aliphatic carbocycles. The maximum absolute atomic E-state index is 14.2. The van der Waals surface area contributed by atoms with Crippen LogP contribution < -0.4 is 14.8 Å². The van der Waals surface area contributed by atoms with Crippen molar-refractivity contribution < 1.29 is 36.6 Å². The Labute approximate surface area is 192 Å². The number of nitrogens with one attached hydrogen (secondary N) is 1. The van der Waals surface area contributed by atoms with Crippen molar-refractivity contribution in [3.63, 3.8) is 0 Å². The van der Waals surface area contributed by atoms with E-state index in [0.717, 1.165) is 18.2 Å². The summed E-state index contributed by atoms with van der Waals surface area (Å²) < 4.78 is 55.8. The van der Waals surface area contributed by atoms with E-state index in [1.54, 1.807) is 32.0 Å². The molecule has 0 heterocycles. The topological polar surface area (TPSA) is 111 Å². The minimum absolute atomic E-state index is 0.128. The van der Waals surface area contributed by atoms with E-state index in [0.29, 0.717) is 17.1 Å². The number of nitrogens with zero attached hydrogens (tertiary/aromatic N) is 1. The summed E-state index contributed by atoms with van der Waals surface area (Å²) in [4.78, 5) is 24.1. The molecule has 33 heavy (non-hydrogen) atoms. The van der Waals surface area contributed by atoms with Gasteiger partial charge >= 0.3 is 5.97 Å². The number of hydrogen-bond donors (Lipinski definition) is 1. The van der Waals surface area contributed by atoms with Crippen LogP contribution in [0.1, 0.15) is 29.8 Å². The van der Waals surface area contributed by atoms with Crippen LogP contribution in [0, 0.1) is 5.82 Å². The zero-order valence-electron chi connectivity index (χ0n) is 18.9. The lowest BCUT2D eigenvalue weighted by Gasteiger charge is -2.18. The van der Waals surface area contributed by atoms with Crippen molar-refractivity contribution in [1.82, 2.24) is 9.62 Å². The number of hydrogen-bond acceptors (Lipinski definition) is 7. The van der Waals surface area contributed by atoms with E-state index >= 15 is 0 Å². The molecule has 9 nitrogen and oxygen atoms in total. The third kappa shape index (κ3) is 6.42. The van der Waals surface area contributed by atoms with Gasteiger partial charge < -0.3 is 19.5 Å². The van der Waals surface area contributed by atoms with Crippen LogP contribution >= 0.6 is 0 Å². The van der Waals surface area contributed by atoms with Crippen molar-refractivity contribution in [3.05, 3.63) is 53.3 Å². The summed E-state index contributed by atoms with van der Waals surface area (Å²) in [5.41, 5.74) is 0.142. The van der Waals surface area contributed by atoms with Gasteiger partial charge in [-0.2, -0.15) is 4.31 Å². The lowest BCUT2D eigenvalue weighted by atomic mass is 10.2. The largest absolute Gasteiger partial charge is 0.493 e. The third-order valence-electron chi connectivity index (χ3n) is 4.77. The highest BCUT2D eigenvalue weighted by atomic mass is 32.2. The molecule has 0 aliphatic heterocycles. The van der Waals surface area contributed by atoms with Gasteiger partial charge in [0, 0.05) is 19.6 Å². The standard InChI is InChI=1S/C22H27FN2O7S/c1-5-25(6-2)33(28,29)16-8-9-18(23)17(12-16)22(27)32-14-21(26)24-13-15-7-10-19(30-3)20(11-15)31-4/h7-12H,5-6,13-14H2,1-4H3,(H,24,26). The van der Waals surface area contributed by atoms with Crippen LogP contribution in [0.15, 0.2) is 41.3 Å². The summed E-state index contributed by atoms with van der Waals surface area (Å²) in [5, 5.41) is 2.57. The number of carbonyl (C=O) groups excluding carboxylic acids is 2. The second-order valence-electron chi connectivity index (χ2n) is 6.77. The number of sulfonamides is 1. The van der Waals surface area contributed by atoms with Gasteiger partial charge in [0.25, 0.3) is 5.91 Å². The zero-order chi connectivity index (χ0) is 24.6. The molecule has 0 radical (unpaired) electrons. The van der Waals surface area contributed by atoms with E-state index in [-0.39, 0.29) is 24.5 Å². The molecule has 0 aliphatic rings. The number of amides is 1. The predicted molar refractivity (Wildman–Crippen MR) is 118 cm³/mol. The van der Waals surface area contributed by atoms with Gasteiger partial charge in [-0.15, -0.1) is 0 Å². The number of methoxy groups -OCH3 is 2. The van der Waals surface area contributed by atoms with Gasteiger partial charge in [0.05, 0.1) is 24.7 Å². The highest BCUT2D eigenvalue weighted by molar-refractivity contribution is 7.89. The molecule has 1 N–H and O–H groups in total. The molecule has 0 aromatic heterocycles. The minimum atomic E-state index is -3.89. The van der Waals surface area contributed by atoms with Gasteiger partial charge in [0.15, 0.2) is 18.1 Å². The summed E-state index contributed by atoms with van der Waals surface area (Å²) >= 11 is 0. The third-order valence-corrected chi connectivity index (χ3v) is 6.82. The molecule has 0 fully saturated rings. The van der Waals surface area contributed by atoms with Gasteiger partial charge in [-0.05, 0) is 35.9 Å². The Hall–Kier alpha value is -3.18. The molecule has 0 atom stereocenters. The lowest BCUT2D eigenvalue weighted by molar-refractivity contribution is -0.124. The summed E-state index contributed by atoms with van der Waals surface area (Å²) in [6.45, 7) is 3.23. The first-order valence-corrected chi connectivity index (χ1v) is 11.6. The molecule has 1 amide bonds. The summed E-state index contributed by atoms with van der Waals surface area (Å²) in [6.07, 6.45) is 0. The molecule has 0 saturated carbocycles. The maximum Gasteiger partial charge on any atom is 0.341 e. The predicted octanol–water partition coefficient (Wildman–Crippen LogP) is 2.35. The number of ether oxygens (including phenoxy) is 3. The molecule has 2 rings (SSSR count). The van der Waals surface area contributed by atoms with Crippen LogP contribution in [-0.4, -0.2) is 58.5 Å². The highest BCUT2D eigenvalue weighted by Crippen LogP contribution is 2.27. The number of halogens is 1. The van der Waals surface area contributed by atoms with Gasteiger partial charge in [-0.25, -0.2) is 17.6 Å². The Morgan fingerprint density at radius 3 is 2.27 bits per heavy atom. The highest BCUT2D eigenvalue weighted by Gasteiger charge is 2.25. The molecule has 0 saturated heterocycles. The van der Waals surface area contributed by atoms with Crippen LogP contribution in [0.5, 0.6) is 11.5 Å². The van der Waals surface area contributed by atoms with Crippen molar-refractivity contribution in [2.75, 3.05) is 33.9 Å². The van der Waals surface area contributed by atoms with E-state index < -0.39 is 39.9 Å². The van der Waals surface area contributed by atoms with Crippen LogP contribution in [0.2, 0.25) is 0 Å². The molecule has 0 unspecified atom stereocenters. The Morgan fingerprint density at radius 1 is 1.00 bits per heavy atom. The molecule has 180 valence electrons. The van der Waals surface area contributed by atoms with Crippen LogP contribution in [0.4, 0.5) is 4.39 Å². The first-order valence-electron chi connectivity index (χ1n) is 10.1. The Kier molecular flexibility index (Phi) is 9.18. The molecule has 2 aromatic rings. The number of esters is 1. The lowest BCUT2D eigenvalue weighted by Crippen LogP contribution is -2.31. The van der Waals surface area contributed by atoms with Crippen LogP contribution in [0.25, 0.3) is 0 Å². The second-order valence-corrected chi connectivity index (χ2v) is 8.71. The van der Waals surface area contributed by atoms with Gasteiger partial charge in [-0.3, -0.25) is 4.79 Å². The quantitative estimate of drug-likeness (QED) is 0.490. The first kappa shape index (κ1) is 26.1. The SMILES string of the molecule is CCN(CC)S(=O)(=O)c1ccc(F)c(C(=O)OCC(=O)NCc2ccc(OC)c(OC)c2)c1. The van der Waals surface area contributed by atoms with Crippen molar-refractivity contribution in [1.29, 1.82) is 0 Å². The molecule has 0 bridgehead atoms. The van der Waals surface area contributed by atoms with Gasteiger partial charge in [0.1, 0.15) is 5.82 Å². The monoisotopic (exact) mass is 482 g/mol. The van der Waals surface area contributed by atoms with Gasteiger partial charge in [-0.1, -0.05) is 19.9 Å². The average Bonchev–Trinajstić information content (AvgIpc) is 2.81. The smallest absolute Gasteiger partial charge is 0.341 e. The van der Waals surface area contributed by atoms with E-state index in [2.05, 4.69) is 5.32 Å². The van der Waals surface area contributed by atoms with E-state index in [1.807, 2.05) is 0 Å². The van der Waals surface area contributed by atoms with E-state index in [1.165, 1.54) is 18.5 Å². The van der Waals surface area contributed by atoms with E-state index in [4.69, 9.17) is 14.2 Å². The van der Waals surface area contributed by atoms with E-state index in [9.17, 15) is 22.4 Å². The summed E-state index contributed by atoms with van der Waals surface area (Å²) in [7, 11) is -0.903. The Balaban J connectivity index is 2.02. The molecular formula is C22H27FN2O7S. The number of rotatable bonds is 11.